The molecule has 0 saturated carbocycles. The van der Waals surface area contributed by atoms with Crippen LogP contribution in [0.5, 0.6) is 0 Å². The minimum atomic E-state index is 0.667. The van der Waals surface area contributed by atoms with Crippen molar-refractivity contribution >= 4 is 11.6 Å². The Morgan fingerprint density at radius 2 is 2.07 bits per heavy atom. The molecule has 0 aromatic carbocycles. The van der Waals surface area contributed by atoms with Crippen LogP contribution in [0, 0.1) is 0 Å². The van der Waals surface area contributed by atoms with Crippen LogP contribution in [0.2, 0.25) is 0 Å². The van der Waals surface area contributed by atoms with Crippen molar-refractivity contribution < 1.29 is 4.74 Å². The van der Waals surface area contributed by atoms with E-state index in [-0.39, 0.29) is 0 Å². The number of rotatable bonds is 6. The fraction of sp³-hybridized carbons (Fsp3) is 0.600. The van der Waals surface area contributed by atoms with Crippen molar-refractivity contribution in [2.45, 2.75) is 13.3 Å². The maximum Gasteiger partial charge on any atom is 0.132 e. The molecule has 0 fully saturated rings. The van der Waals surface area contributed by atoms with Gasteiger partial charge in [0.2, 0.25) is 0 Å². The van der Waals surface area contributed by atoms with Crippen molar-refractivity contribution in [3.05, 3.63) is 11.9 Å². The van der Waals surface area contributed by atoms with E-state index in [1.54, 1.807) is 7.11 Å². The molecule has 5 nitrogen and oxygen atoms in total. The van der Waals surface area contributed by atoms with E-state index < -0.39 is 0 Å². The van der Waals surface area contributed by atoms with Gasteiger partial charge in [-0.25, -0.2) is 9.97 Å². The number of methoxy groups -OCH3 is 1. The molecule has 5 heteroatoms. The molecule has 0 spiro atoms. The lowest BCUT2D eigenvalue weighted by atomic mass is 10.4. The lowest BCUT2D eigenvalue weighted by molar-refractivity contribution is 0.210. The van der Waals surface area contributed by atoms with E-state index in [9.17, 15) is 0 Å². The van der Waals surface area contributed by atoms with Crippen molar-refractivity contribution in [3.8, 4) is 0 Å². The second kappa shape index (κ2) is 6.19. The number of anilines is 2. The zero-order chi connectivity index (χ0) is 11.1. The van der Waals surface area contributed by atoms with E-state index in [0.717, 1.165) is 30.4 Å². The number of nitrogens with zero attached hydrogens (tertiary/aromatic N) is 2. The van der Waals surface area contributed by atoms with Gasteiger partial charge in [-0.3, -0.25) is 0 Å². The first-order valence-corrected chi connectivity index (χ1v) is 5.08. The quantitative estimate of drug-likeness (QED) is 0.689. The van der Waals surface area contributed by atoms with E-state index in [0.29, 0.717) is 6.61 Å². The zero-order valence-electron chi connectivity index (χ0n) is 9.50. The maximum absolute atomic E-state index is 4.96. The van der Waals surface area contributed by atoms with Crippen LogP contribution in [-0.2, 0) is 11.2 Å². The van der Waals surface area contributed by atoms with Gasteiger partial charge in [0.25, 0.3) is 0 Å². The van der Waals surface area contributed by atoms with Crippen LogP contribution in [0.4, 0.5) is 11.6 Å². The zero-order valence-corrected chi connectivity index (χ0v) is 9.50. The first-order valence-electron chi connectivity index (χ1n) is 5.08. The molecule has 0 amide bonds. The summed E-state index contributed by atoms with van der Waals surface area (Å²) in [5.74, 6) is 2.51. The highest BCUT2D eigenvalue weighted by Gasteiger charge is 2.01. The Morgan fingerprint density at radius 3 is 2.67 bits per heavy atom. The van der Waals surface area contributed by atoms with Crippen molar-refractivity contribution in [1.82, 2.24) is 9.97 Å². The molecule has 2 N–H and O–H groups in total. The molecule has 84 valence electrons. The fourth-order valence-corrected chi connectivity index (χ4v) is 1.16. The Balaban J connectivity index is 2.68. The standard InChI is InChI=1S/C10H18N4O/c1-4-8-13-9(11-2)7-10(14-8)12-5-6-15-3/h7H,4-6H2,1-3H3,(H2,11,12,13,14). The molecule has 0 saturated heterocycles. The minimum Gasteiger partial charge on any atom is -0.383 e. The molecular weight excluding hydrogens is 192 g/mol. The van der Waals surface area contributed by atoms with E-state index in [2.05, 4.69) is 20.6 Å². The predicted molar refractivity (Wildman–Crippen MR) is 61.3 cm³/mol. The van der Waals surface area contributed by atoms with Gasteiger partial charge in [-0.1, -0.05) is 6.92 Å². The summed E-state index contributed by atoms with van der Waals surface area (Å²) in [5.41, 5.74) is 0. The Bertz CT molecular complexity index is 281. The monoisotopic (exact) mass is 210 g/mol. The fourth-order valence-electron chi connectivity index (χ4n) is 1.16. The van der Waals surface area contributed by atoms with E-state index in [4.69, 9.17) is 4.74 Å². The molecular formula is C10H18N4O. The van der Waals surface area contributed by atoms with Crippen LogP contribution in [0.15, 0.2) is 6.07 Å². The van der Waals surface area contributed by atoms with Crippen LogP contribution in [0.3, 0.4) is 0 Å². The predicted octanol–water partition coefficient (Wildman–Crippen LogP) is 1.14. The molecule has 0 bridgehead atoms. The summed E-state index contributed by atoms with van der Waals surface area (Å²) >= 11 is 0. The average molecular weight is 210 g/mol. The molecule has 15 heavy (non-hydrogen) atoms. The van der Waals surface area contributed by atoms with Crippen LogP contribution < -0.4 is 10.6 Å². The van der Waals surface area contributed by atoms with Gasteiger partial charge in [0.05, 0.1) is 6.61 Å². The molecule has 1 heterocycles. The molecule has 0 aliphatic carbocycles. The molecule has 1 rings (SSSR count). The van der Waals surface area contributed by atoms with Crippen molar-refractivity contribution in [2.75, 3.05) is 37.9 Å². The van der Waals surface area contributed by atoms with Crippen LogP contribution >= 0.6 is 0 Å². The number of ether oxygens (including phenoxy) is 1. The van der Waals surface area contributed by atoms with Crippen LogP contribution in [-0.4, -0.2) is 37.3 Å². The molecule has 0 atom stereocenters. The maximum atomic E-state index is 4.96. The summed E-state index contributed by atoms with van der Waals surface area (Å²) in [6.07, 6.45) is 0.828. The van der Waals surface area contributed by atoms with Gasteiger partial charge < -0.3 is 15.4 Å². The van der Waals surface area contributed by atoms with Crippen LogP contribution in [0.1, 0.15) is 12.7 Å². The van der Waals surface area contributed by atoms with E-state index in [1.165, 1.54) is 0 Å². The van der Waals surface area contributed by atoms with Crippen LogP contribution in [0.25, 0.3) is 0 Å². The molecule has 1 aromatic rings. The van der Waals surface area contributed by atoms with Gasteiger partial charge in [-0.05, 0) is 0 Å². The smallest absolute Gasteiger partial charge is 0.132 e. The van der Waals surface area contributed by atoms with Gasteiger partial charge in [0, 0.05) is 33.2 Å². The Kier molecular flexibility index (Phi) is 4.83. The Morgan fingerprint density at radius 1 is 1.33 bits per heavy atom. The molecule has 0 unspecified atom stereocenters. The second-order valence-corrected chi connectivity index (χ2v) is 3.08. The average Bonchev–Trinajstić information content (AvgIpc) is 2.29. The van der Waals surface area contributed by atoms with Gasteiger partial charge >= 0.3 is 0 Å². The summed E-state index contributed by atoms with van der Waals surface area (Å²) in [4.78, 5) is 8.66. The minimum absolute atomic E-state index is 0.667. The number of hydrogen-bond donors (Lipinski definition) is 2. The molecule has 0 radical (unpaired) electrons. The third-order valence-corrected chi connectivity index (χ3v) is 1.96. The SMILES string of the molecule is CCc1nc(NC)cc(NCCOC)n1. The summed E-state index contributed by atoms with van der Waals surface area (Å²) < 4.78 is 4.96. The highest BCUT2D eigenvalue weighted by molar-refractivity contribution is 5.47. The molecule has 0 aliphatic rings. The first-order chi connectivity index (χ1) is 7.30. The largest absolute Gasteiger partial charge is 0.383 e. The van der Waals surface area contributed by atoms with E-state index >= 15 is 0 Å². The van der Waals surface area contributed by atoms with Crippen molar-refractivity contribution in [1.29, 1.82) is 0 Å². The number of hydrogen-bond acceptors (Lipinski definition) is 5. The summed E-state index contributed by atoms with van der Waals surface area (Å²) in [6.45, 7) is 3.45. The van der Waals surface area contributed by atoms with Gasteiger partial charge in [-0.15, -0.1) is 0 Å². The number of aryl methyl sites for hydroxylation is 1. The number of aromatic nitrogens is 2. The Hall–Kier alpha value is -1.36. The summed E-state index contributed by atoms with van der Waals surface area (Å²) in [6, 6.07) is 1.88. The second-order valence-electron chi connectivity index (χ2n) is 3.08. The highest BCUT2D eigenvalue weighted by Crippen LogP contribution is 2.10. The molecule has 1 aromatic heterocycles. The first kappa shape index (κ1) is 11.7. The topological polar surface area (TPSA) is 59.1 Å². The van der Waals surface area contributed by atoms with E-state index in [1.807, 2.05) is 20.0 Å². The summed E-state index contributed by atoms with van der Waals surface area (Å²) in [5, 5.41) is 6.19. The summed E-state index contributed by atoms with van der Waals surface area (Å²) in [7, 11) is 3.53. The van der Waals surface area contributed by atoms with Gasteiger partial charge in [-0.2, -0.15) is 0 Å². The van der Waals surface area contributed by atoms with Crippen molar-refractivity contribution in [3.63, 3.8) is 0 Å². The third-order valence-electron chi connectivity index (χ3n) is 1.96. The third kappa shape index (κ3) is 3.71. The number of nitrogens with one attached hydrogen (secondary N) is 2. The lowest BCUT2D eigenvalue weighted by Crippen LogP contribution is -2.10. The van der Waals surface area contributed by atoms with Gasteiger partial charge in [0.15, 0.2) is 0 Å². The van der Waals surface area contributed by atoms with Crippen molar-refractivity contribution in [2.24, 2.45) is 0 Å². The lowest BCUT2D eigenvalue weighted by Gasteiger charge is -2.08. The highest BCUT2D eigenvalue weighted by atomic mass is 16.5. The Labute approximate surface area is 90.3 Å². The van der Waals surface area contributed by atoms with Gasteiger partial charge in [0.1, 0.15) is 17.5 Å². The normalized spacial score (nSPS) is 10.1. The molecule has 0 aliphatic heterocycles.